The maximum Gasteiger partial charge on any atom is 0.338 e. The van der Waals surface area contributed by atoms with E-state index in [1.165, 1.54) is 45.6 Å². The number of ketones is 1. The van der Waals surface area contributed by atoms with Crippen molar-refractivity contribution in [1.29, 1.82) is 0 Å². The van der Waals surface area contributed by atoms with Crippen molar-refractivity contribution in [1.82, 2.24) is 0 Å². The van der Waals surface area contributed by atoms with E-state index in [1.54, 1.807) is 0 Å². The first-order chi connectivity index (χ1) is 12.4. The van der Waals surface area contributed by atoms with Gasteiger partial charge in [-0.3, -0.25) is 4.79 Å². The van der Waals surface area contributed by atoms with Gasteiger partial charge in [-0.15, -0.1) is 0 Å². The van der Waals surface area contributed by atoms with Crippen LogP contribution in [0.25, 0.3) is 0 Å². The third kappa shape index (κ3) is 4.32. The number of hydrogen-bond donors (Lipinski definition) is 0. The highest BCUT2D eigenvalue weighted by Gasteiger charge is 2.19. The average molecular weight is 427 g/mol. The first kappa shape index (κ1) is 19.7. The lowest BCUT2D eigenvalue weighted by Crippen LogP contribution is -2.15. The summed E-state index contributed by atoms with van der Waals surface area (Å²) in [6.45, 7) is -0.570. The van der Waals surface area contributed by atoms with Crippen LogP contribution in [0.1, 0.15) is 20.7 Å². The van der Waals surface area contributed by atoms with E-state index in [0.717, 1.165) is 6.07 Å². The number of methoxy groups -OCH3 is 3. The van der Waals surface area contributed by atoms with Gasteiger partial charge < -0.3 is 18.9 Å². The van der Waals surface area contributed by atoms with Gasteiger partial charge in [0.15, 0.2) is 6.61 Å². The maximum absolute atomic E-state index is 13.4. The maximum atomic E-state index is 13.4. The fraction of sp³-hybridized carbons (Fsp3) is 0.222. The zero-order chi connectivity index (χ0) is 19.3. The topological polar surface area (TPSA) is 71.1 Å². The molecule has 8 heteroatoms. The molecule has 0 N–H and O–H groups in total. The quantitative estimate of drug-likeness (QED) is 0.496. The minimum atomic E-state index is -0.752. The van der Waals surface area contributed by atoms with Gasteiger partial charge >= 0.3 is 5.97 Å². The molecule has 0 radical (unpaired) electrons. The summed E-state index contributed by atoms with van der Waals surface area (Å²) in [5.74, 6) is -1.00. The van der Waals surface area contributed by atoms with E-state index in [1.807, 2.05) is 0 Å². The van der Waals surface area contributed by atoms with Crippen LogP contribution in [0.3, 0.4) is 0 Å². The van der Waals surface area contributed by atoms with E-state index in [9.17, 15) is 14.0 Å². The lowest BCUT2D eigenvalue weighted by atomic mass is 10.1. The molecule has 0 aromatic heterocycles. The number of carbonyl (C=O) groups is 2. The number of esters is 1. The molecule has 26 heavy (non-hydrogen) atoms. The Hall–Kier alpha value is -2.61. The number of Topliss-reactive ketones (excluding diaryl/α,β-unsaturated/α-hetero) is 1. The molecule has 0 heterocycles. The lowest BCUT2D eigenvalue weighted by molar-refractivity contribution is 0.0473. The number of ether oxygens (including phenoxy) is 4. The highest BCUT2D eigenvalue weighted by atomic mass is 79.9. The van der Waals surface area contributed by atoms with Crippen LogP contribution in [0.2, 0.25) is 0 Å². The summed E-state index contributed by atoms with van der Waals surface area (Å²) in [6.07, 6.45) is 0. The molecule has 2 aromatic rings. The van der Waals surface area contributed by atoms with Gasteiger partial charge in [-0.25, -0.2) is 9.18 Å². The zero-order valence-electron chi connectivity index (χ0n) is 14.3. The monoisotopic (exact) mass is 426 g/mol. The van der Waals surface area contributed by atoms with Crippen molar-refractivity contribution < 1.29 is 32.9 Å². The molecule has 0 bridgehead atoms. The van der Waals surface area contributed by atoms with E-state index in [2.05, 4.69) is 15.9 Å². The van der Waals surface area contributed by atoms with Gasteiger partial charge in [0.25, 0.3) is 0 Å². The highest BCUT2D eigenvalue weighted by molar-refractivity contribution is 9.10. The van der Waals surface area contributed by atoms with Gasteiger partial charge in [0.2, 0.25) is 5.78 Å². The average Bonchev–Trinajstić information content (AvgIpc) is 2.65. The van der Waals surface area contributed by atoms with Crippen molar-refractivity contribution in [2.45, 2.75) is 0 Å². The summed E-state index contributed by atoms with van der Waals surface area (Å²) in [5, 5.41) is 0. The highest BCUT2D eigenvalue weighted by Crippen LogP contribution is 2.35. The van der Waals surface area contributed by atoms with Crippen molar-refractivity contribution in [2.75, 3.05) is 27.9 Å². The van der Waals surface area contributed by atoms with Gasteiger partial charge in [-0.2, -0.15) is 0 Å². The van der Waals surface area contributed by atoms with Crippen LogP contribution >= 0.6 is 15.9 Å². The molecule has 0 saturated carbocycles. The summed E-state index contributed by atoms with van der Waals surface area (Å²) in [4.78, 5) is 24.5. The summed E-state index contributed by atoms with van der Waals surface area (Å²) in [5.41, 5.74) is 0.132. The normalized spacial score (nSPS) is 10.2. The van der Waals surface area contributed by atoms with Crippen molar-refractivity contribution in [3.8, 4) is 17.2 Å². The van der Waals surface area contributed by atoms with Crippen LogP contribution in [0.4, 0.5) is 4.39 Å². The van der Waals surface area contributed by atoms with E-state index in [-0.39, 0.29) is 16.9 Å². The minimum Gasteiger partial charge on any atom is -0.496 e. The van der Waals surface area contributed by atoms with Gasteiger partial charge in [0.05, 0.1) is 32.5 Å². The lowest BCUT2D eigenvalue weighted by Gasteiger charge is -2.12. The third-order valence-corrected chi connectivity index (χ3v) is 4.26. The molecule has 0 saturated heterocycles. The molecule has 0 aliphatic carbocycles. The fourth-order valence-corrected chi connectivity index (χ4v) is 2.73. The van der Waals surface area contributed by atoms with Crippen LogP contribution in [0, 0.1) is 5.82 Å². The molecule has 0 atom stereocenters. The first-order valence-corrected chi connectivity index (χ1v) is 8.16. The summed E-state index contributed by atoms with van der Waals surface area (Å²) in [7, 11) is 4.24. The predicted octanol–water partition coefficient (Wildman–Crippen LogP) is 3.65. The largest absolute Gasteiger partial charge is 0.496 e. The van der Waals surface area contributed by atoms with Gasteiger partial charge in [-0.05, 0) is 46.3 Å². The SMILES string of the molecule is COc1ccc(F)cc1C(=O)COC(=O)c1cc(OC)c(Br)c(OC)c1. The van der Waals surface area contributed by atoms with Gasteiger partial charge in [0, 0.05) is 0 Å². The second-order valence-corrected chi connectivity index (χ2v) is 5.83. The first-order valence-electron chi connectivity index (χ1n) is 7.36. The molecule has 2 rings (SSSR count). The Kier molecular flexibility index (Phi) is 6.57. The zero-order valence-corrected chi connectivity index (χ0v) is 15.9. The van der Waals surface area contributed by atoms with Crippen LogP contribution in [-0.2, 0) is 4.74 Å². The second-order valence-electron chi connectivity index (χ2n) is 5.04. The number of halogens is 2. The van der Waals surface area contributed by atoms with Crippen LogP contribution in [0.5, 0.6) is 17.2 Å². The molecule has 0 unspecified atom stereocenters. The predicted molar refractivity (Wildman–Crippen MR) is 94.8 cm³/mol. The molecule has 0 aliphatic rings. The third-order valence-electron chi connectivity index (χ3n) is 3.48. The molecule has 138 valence electrons. The Morgan fingerprint density at radius 3 is 2.08 bits per heavy atom. The Labute approximate surface area is 157 Å². The molecule has 6 nitrogen and oxygen atoms in total. The van der Waals surface area contributed by atoms with Crippen LogP contribution in [-0.4, -0.2) is 39.7 Å². The summed E-state index contributed by atoms with van der Waals surface area (Å²) >= 11 is 3.29. The summed E-state index contributed by atoms with van der Waals surface area (Å²) in [6, 6.07) is 6.42. The van der Waals surface area contributed by atoms with E-state index in [0.29, 0.717) is 16.0 Å². The smallest absolute Gasteiger partial charge is 0.338 e. The Balaban J connectivity index is 2.16. The van der Waals surface area contributed by atoms with Crippen molar-refractivity contribution in [3.63, 3.8) is 0 Å². The van der Waals surface area contributed by atoms with E-state index >= 15 is 0 Å². The molecule has 0 aliphatic heterocycles. The van der Waals surface area contributed by atoms with Crippen molar-refractivity contribution >= 4 is 27.7 Å². The second kappa shape index (κ2) is 8.66. The Bertz CT molecular complexity index is 811. The number of hydrogen-bond acceptors (Lipinski definition) is 6. The van der Waals surface area contributed by atoms with Crippen LogP contribution < -0.4 is 14.2 Å². The Morgan fingerprint density at radius 2 is 1.54 bits per heavy atom. The molecule has 0 fully saturated rings. The number of benzene rings is 2. The molecular weight excluding hydrogens is 411 g/mol. The number of carbonyl (C=O) groups excluding carboxylic acids is 2. The molecule has 0 amide bonds. The van der Waals surface area contributed by atoms with E-state index in [4.69, 9.17) is 18.9 Å². The standard InChI is InChI=1S/C18H16BrFO6/c1-23-14-5-4-11(20)8-12(14)13(21)9-26-18(22)10-6-15(24-2)17(19)16(7-10)25-3/h4-8H,9H2,1-3H3. The molecule has 2 aromatic carbocycles. The van der Waals surface area contributed by atoms with Gasteiger partial charge in [0.1, 0.15) is 27.5 Å². The summed E-state index contributed by atoms with van der Waals surface area (Å²) < 4.78 is 34.3. The van der Waals surface area contributed by atoms with E-state index < -0.39 is 24.2 Å². The van der Waals surface area contributed by atoms with Crippen molar-refractivity contribution in [2.24, 2.45) is 0 Å². The van der Waals surface area contributed by atoms with Gasteiger partial charge in [-0.1, -0.05) is 0 Å². The minimum absolute atomic E-state index is 0.00809. The fourth-order valence-electron chi connectivity index (χ4n) is 2.18. The number of rotatable bonds is 7. The van der Waals surface area contributed by atoms with Crippen molar-refractivity contribution in [3.05, 3.63) is 51.7 Å². The Morgan fingerprint density at radius 1 is 0.962 bits per heavy atom. The molecule has 0 spiro atoms. The van der Waals surface area contributed by atoms with Crippen LogP contribution in [0.15, 0.2) is 34.8 Å². The molecular formula is C18H16BrFO6.